The predicted molar refractivity (Wildman–Crippen MR) is 174 cm³/mol. The molecule has 4 heterocycles. The third kappa shape index (κ3) is 7.01. The number of hydrogen-bond donors (Lipinski definition) is 1. The highest BCUT2D eigenvalue weighted by Crippen LogP contribution is 2.29. The second-order valence-electron chi connectivity index (χ2n) is 12.3. The van der Waals surface area contributed by atoms with Crippen molar-refractivity contribution in [1.82, 2.24) is 24.5 Å². The van der Waals surface area contributed by atoms with Crippen molar-refractivity contribution in [3.05, 3.63) is 90.1 Å². The maximum atomic E-state index is 13.7. The van der Waals surface area contributed by atoms with Gasteiger partial charge >= 0.3 is 0 Å². The number of carbonyl (C=O) groups excluding carboxylic acids is 1. The number of nitrogens with one attached hydrogen (secondary N) is 1. The van der Waals surface area contributed by atoms with Crippen LogP contribution in [0.25, 0.3) is 22.3 Å². The van der Waals surface area contributed by atoms with Gasteiger partial charge in [-0.3, -0.25) is 9.78 Å². The summed E-state index contributed by atoms with van der Waals surface area (Å²) in [6.45, 7) is 6.49. The van der Waals surface area contributed by atoms with Crippen LogP contribution in [0.4, 0.5) is 0 Å². The number of aromatic nitrogens is 2. The monoisotopic (exact) mass is 611 g/mol. The van der Waals surface area contributed by atoms with E-state index in [4.69, 9.17) is 4.98 Å². The van der Waals surface area contributed by atoms with Crippen LogP contribution in [0.15, 0.2) is 83.9 Å². The maximum Gasteiger partial charge on any atom is 0.252 e. The van der Waals surface area contributed by atoms with Crippen molar-refractivity contribution in [1.29, 1.82) is 0 Å². The van der Waals surface area contributed by atoms with Crippen molar-refractivity contribution in [2.45, 2.75) is 43.9 Å². The number of nitrogens with zero attached hydrogens (tertiary/aromatic N) is 4. The van der Waals surface area contributed by atoms with Crippen LogP contribution in [-0.4, -0.2) is 72.8 Å². The Hall–Kier alpha value is -3.66. The van der Waals surface area contributed by atoms with Gasteiger partial charge in [0.25, 0.3) is 5.91 Å². The summed E-state index contributed by atoms with van der Waals surface area (Å²) in [4.78, 5) is 25.5. The van der Waals surface area contributed by atoms with E-state index >= 15 is 0 Å². The first kappa shape index (κ1) is 30.4. The molecule has 9 heteroatoms. The Morgan fingerprint density at radius 3 is 2.36 bits per heavy atom. The molecule has 1 amide bonds. The number of pyridine rings is 2. The molecule has 44 heavy (non-hydrogen) atoms. The Morgan fingerprint density at radius 1 is 0.886 bits per heavy atom. The van der Waals surface area contributed by atoms with Crippen LogP contribution in [0.1, 0.15) is 48.5 Å². The number of benzene rings is 2. The predicted octanol–water partition coefficient (Wildman–Crippen LogP) is 5.40. The minimum atomic E-state index is -3.68. The Morgan fingerprint density at radius 2 is 1.64 bits per heavy atom. The lowest BCUT2D eigenvalue weighted by molar-refractivity contribution is 0.0945. The van der Waals surface area contributed by atoms with Gasteiger partial charge in [-0.2, -0.15) is 4.31 Å². The molecule has 2 fully saturated rings. The van der Waals surface area contributed by atoms with E-state index < -0.39 is 10.0 Å². The second kappa shape index (κ2) is 13.5. The second-order valence-corrected chi connectivity index (χ2v) is 14.2. The molecular formula is C35H41N5O3S. The van der Waals surface area contributed by atoms with E-state index in [0.717, 1.165) is 51.7 Å². The number of hydrogen-bond acceptors (Lipinski definition) is 6. The molecule has 2 aliphatic rings. The molecule has 0 unspecified atom stereocenters. The van der Waals surface area contributed by atoms with Gasteiger partial charge in [0.1, 0.15) is 0 Å². The van der Waals surface area contributed by atoms with Gasteiger partial charge in [-0.15, -0.1) is 0 Å². The van der Waals surface area contributed by atoms with Crippen LogP contribution in [0.2, 0.25) is 0 Å². The number of likely N-dealkylation sites (tertiary alicyclic amines) is 1. The van der Waals surface area contributed by atoms with Gasteiger partial charge in [-0.1, -0.05) is 43.3 Å². The topological polar surface area (TPSA) is 95.5 Å². The lowest BCUT2D eigenvalue weighted by Crippen LogP contribution is -2.40. The molecule has 8 nitrogen and oxygen atoms in total. The first-order chi connectivity index (χ1) is 21.4. The van der Waals surface area contributed by atoms with Crippen molar-refractivity contribution < 1.29 is 13.2 Å². The van der Waals surface area contributed by atoms with Crippen LogP contribution in [0.3, 0.4) is 0 Å². The van der Waals surface area contributed by atoms with Crippen LogP contribution in [0, 0.1) is 11.8 Å². The molecule has 0 atom stereocenters. The molecule has 230 valence electrons. The van der Waals surface area contributed by atoms with Crippen LogP contribution in [0.5, 0.6) is 0 Å². The largest absolute Gasteiger partial charge is 0.351 e. The molecule has 1 N–H and O–H groups in total. The summed E-state index contributed by atoms with van der Waals surface area (Å²) < 4.78 is 28.7. The van der Waals surface area contributed by atoms with E-state index in [9.17, 15) is 13.2 Å². The van der Waals surface area contributed by atoms with Gasteiger partial charge in [-0.05, 0) is 99.0 Å². The molecule has 0 radical (unpaired) electrons. The summed E-state index contributed by atoms with van der Waals surface area (Å²) in [6, 6.07) is 22.9. The zero-order valence-corrected chi connectivity index (χ0v) is 26.2. The highest BCUT2D eigenvalue weighted by Gasteiger charge is 2.29. The van der Waals surface area contributed by atoms with Gasteiger partial charge in [0.2, 0.25) is 10.0 Å². The van der Waals surface area contributed by atoms with Crippen LogP contribution in [-0.2, 0) is 16.4 Å². The van der Waals surface area contributed by atoms with Gasteiger partial charge in [0.05, 0.1) is 27.4 Å². The Kier molecular flexibility index (Phi) is 9.35. The fourth-order valence-electron chi connectivity index (χ4n) is 6.36. The number of sulfonamides is 1. The van der Waals surface area contributed by atoms with E-state index in [-0.39, 0.29) is 10.8 Å². The van der Waals surface area contributed by atoms with Crippen molar-refractivity contribution in [3.63, 3.8) is 0 Å². The Balaban J connectivity index is 1.18. The maximum absolute atomic E-state index is 13.7. The van der Waals surface area contributed by atoms with Crippen molar-refractivity contribution in [2.75, 3.05) is 39.3 Å². The normalized spacial score (nSPS) is 17.6. The number of piperidine rings is 2. The smallest absolute Gasteiger partial charge is 0.252 e. The van der Waals surface area contributed by atoms with Crippen molar-refractivity contribution >= 4 is 26.8 Å². The number of fused-ring (bicyclic) bond motifs is 1. The first-order valence-corrected chi connectivity index (χ1v) is 17.2. The minimum Gasteiger partial charge on any atom is -0.351 e. The summed E-state index contributed by atoms with van der Waals surface area (Å²) in [7, 11) is -3.68. The van der Waals surface area contributed by atoms with Gasteiger partial charge < -0.3 is 10.2 Å². The Bertz CT molecular complexity index is 1680. The van der Waals surface area contributed by atoms with E-state index in [1.807, 2.05) is 18.2 Å². The molecule has 2 aromatic heterocycles. The first-order valence-electron chi connectivity index (χ1n) is 15.8. The summed E-state index contributed by atoms with van der Waals surface area (Å²) in [6.07, 6.45) is 6.81. The van der Waals surface area contributed by atoms with Gasteiger partial charge in [0, 0.05) is 37.8 Å². The molecule has 0 saturated carbocycles. The standard InChI is InChI=1S/C35H41N5O3S/c1-26-12-20-40(21-13-26)44(42,43)29-10-11-32-30(24-29)31(25-34(38-32)33-9-5-6-16-36-33)35(41)37-17-22-39-18-14-28(15-19-39)23-27-7-3-2-4-8-27/h2-11,16,24-26,28H,12-15,17-23H2,1H3,(H,37,41). The molecule has 0 bridgehead atoms. The molecule has 0 spiro atoms. The molecule has 0 aliphatic carbocycles. The lowest BCUT2D eigenvalue weighted by Gasteiger charge is -2.32. The molecule has 2 saturated heterocycles. The van der Waals surface area contributed by atoms with Gasteiger partial charge in [0.15, 0.2) is 0 Å². The van der Waals surface area contributed by atoms with Crippen molar-refractivity contribution in [3.8, 4) is 11.4 Å². The number of amides is 1. The third-order valence-corrected chi connectivity index (χ3v) is 11.0. The lowest BCUT2D eigenvalue weighted by atomic mass is 9.90. The number of carbonyl (C=O) groups is 1. The molecule has 2 aliphatic heterocycles. The zero-order valence-electron chi connectivity index (χ0n) is 25.4. The highest BCUT2D eigenvalue weighted by molar-refractivity contribution is 7.89. The van der Waals surface area contributed by atoms with Gasteiger partial charge in [-0.25, -0.2) is 13.4 Å². The average molecular weight is 612 g/mol. The minimum absolute atomic E-state index is 0.194. The molecule has 6 rings (SSSR count). The van der Waals surface area contributed by atoms with E-state index in [2.05, 4.69) is 52.5 Å². The van der Waals surface area contributed by atoms with E-state index in [1.165, 1.54) is 5.56 Å². The molecular weight excluding hydrogens is 570 g/mol. The van der Waals surface area contributed by atoms with E-state index in [1.54, 1.807) is 34.8 Å². The van der Waals surface area contributed by atoms with E-state index in [0.29, 0.717) is 59.3 Å². The third-order valence-electron chi connectivity index (χ3n) is 9.12. The molecule has 4 aromatic rings. The number of rotatable bonds is 9. The van der Waals surface area contributed by atoms with Crippen LogP contribution < -0.4 is 5.32 Å². The summed E-state index contributed by atoms with van der Waals surface area (Å²) in [5.41, 5.74) is 3.59. The summed E-state index contributed by atoms with van der Waals surface area (Å²) >= 11 is 0. The fourth-order valence-corrected chi connectivity index (χ4v) is 7.85. The quantitative estimate of drug-likeness (QED) is 0.272. The average Bonchev–Trinajstić information content (AvgIpc) is 3.06. The fraction of sp³-hybridized carbons (Fsp3) is 0.400. The summed E-state index contributed by atoms with van der Waals surface area (Å²) in [5.74, 6) is 0.966. The molecule has 2 aromatic carbocycles. The highest BCUT2D eigenvalue weighted by atomic mass is 32.2. The summed E-state index contributed by atoms with van der Waals surface area (Å²) in [5, 5.41) is 3.63. The van der Waals surface area contributed by atoms with Crippen molar-refractivity contribution in [2.24, 2.45) is 11.8 Å². The SMILES string of the molecule is CC1CCN(S(=O)(=O)c2ccc3nc(-c4ccccn4)cc(C(=O)NCCN4CCC(Cc5ccccc5)CC4)c3c2)CC1. The Labute approximate surface area is 260 Å². The van der Waals surface area contributed by atoms with Crippen LogP contribution >= 0.6 is 0 Å². The zero-order chi connectivity index (χ0) is 30.5.